The molecule has 124 valence electrons. The third-order valence-corrected chi connectivity index (χ3v) is 3.73. The van der Waals surface area contributed by atoms with E-state index in [1.54, 1.807) is 0 Å². The molecule has 0 spiro atoms. The lowest BCUT2D eigenvalue weighted by atomic mass is 10.2. The molecule has 0 radical (unpaired) electrons. The van der Waals surface area contributed by atoms with Crippen molar-refractivity contribution in [3.63, 3.8) is 0 Å². The van der Waals surface area contributed by atoms with Gasteiger partial charge in [-0.05, 0) is 52.1 Å². The van der Waals surface area contributed by atoms with Crippen LogP contribution < -0.4 is 5.32 Å². The fraction of sp³-hybridized carbons (Fsp3) is 0.750. The fourth-order valence-electron chi connectivity index (χ4n) is 2.71. The van der Waals surface area contributed by atoms with E-state index in [1.165, 1.54) is 5.56 Å². The van der Waals surface area contributed by atoms with Gasteiger partial charge in [-0.25, -0.2) is 4.79 Å². The van der Waals surface area contributed by atoms with Crippen molar-refractivity contribution in [2.45, 2.75) is 51.7 Å². The van der Waals surface area contributed by atoms with Gasteiger partial charge in [0.2, 0.25) is 0 Å². The van der Waals surface area contributed by atoms with E-state index in [2.05, 4.69) is 10.4 Å². The molecule has 0 saturated carbocycles. The molecule has 1 atom stereocenters. The summed E-state index contributed by atoms with van der Waals surface area (Å²) in [7, 11) is 1.92. The minimum atomic E-state index is -0.433. The van der Waals surface area contributed by atoms with Gasteiger partial charge in [-0.2, -0.15) is 5.10 Å². The van der Waals surface area contributed by atoms with Crippen LogP contribution in [0.1, 0.15) is 39.2 Å². The molecule has 1 fully saturated rings. The van der Waals surface area contributed by atoms with Gasteiger partial charge < -0.3 is 15.0 Å². The number of ether oxygens (including phenoxy) is 1. The Labute approximate surface area is 132 Å². The molecule has 1 aromatic rings. The van der Waals surface area contributed by atoms with Crippen LogP contribution in [0.4, 0.5) is 4.79 Å². The van der Waals surface area contributed by atoms with Crippen LogP contribution in [0, 0.1) is 0 Å². The summed E-state index contributed by atoms with van der Waals surface area (Å²) in [5, 5.41) is 7.61. The summed E-state index contributed by atoms with van der Waals surface area (Å²) in [6, 6.07) is 0.240. The van der Waals surface area contributed by atoms with Crippen molar-refractivity contribution in [3.8, 4) is 0 Å². The number of aromatic nitrogens is 2. The Morgan fingerprint density at radius 1 is 1.50 bits per heavy atom. The number of hydrogen-bond acceptors (Lipinski definition) is 4. The Balaban J connectivity index is 1.73. The van der Waals surface area contributed by atoms with Crippen LogP contribution in [-0.2, 0) is 18.2 Å². The van der Waals surface area contributed by atoms with Crippen LogP contribution in [0.2, 0.25) is 0 Å². The van der Waals surface area contributed by atoms with E-state index in [-0.39, 0.29) is 12.1 Å². The largest absolute Gasteiger partial charge is 0.444 e. The molecule has 1 aromatic heterocycles. The average molecular weight is 308 g/mol. The zero-order chi connectivity index (χ0) is 16.2. The molecule has 22 heavy (non-hydrogen) atoms. The zero-order valence-corrected chi connectivity index (χ0v) is 14.1. The molecule has 0 aromatic carbocycles. The maximum atomic E-state index is 12.2. The molecule has 0 aliphatic carbocycles. The first-order chi connectivity index (χ1) is 10.3. The van der Waals surface area contributed by atoms with Crippen LogP contribution in [0.25, 0.3) is 0 Å². The summed E-state index contributed by atoms with van der Waals surface area (Å²) in [6.45, 7) is 8.22. The monoisotopic (exact) mass is 308 g/mol. The van der Waals surface area contributed by atoms with E-state index in [9.17, 15) is 4.79 Å². The van der Waals surface area contributed by atoms with Crippen molar-refractivity contribution >= 4 is 6.09 Å². The molecule has 6 nitrogen and oxygen atoms in total. The first-order valence-electron chi connectivity index (χ1n) is 8.03. The minimum absolute atomic E-state index is 0.191. The number of likely N-dealkylation sites (tertiary alicyclic amines) is 1. The first kappa shape index (κ1) is 16.8. The summed E-state index contributed by atoms with van der Waals surface area (Å²) < 4.78 is 7.29. The Morgan fingerprint density at radius 2 is 2.27 bits per heavy atom. The van der Waals surface area contributed by atoms with E-state index in [1.807, 2.05) is 49.8 Å². The second-order valence-corrected chi connectivity index (χ2v) is 6.95. The number of rotatable bonds is 5. The van der Waals surface area contributed by atoms with Gasteiger partial charge in [-0.3, -0.25) is 4.68 Å². The summed E-state index contributed by atoms with van der Waals surface area (Å²) in [5.74, 6) is 0. The number of amides is 1. The normalized spacial score (nSPS) is 18.7. The lowest BCUT2D eigenvalue weighted by Gasteiger charge is -2.28. The number of nitrogens with zero attached hydrogens (tertiary/aromatic N) is 3. The molecule has 1 unspecified atom stereocenters. The predicted octanol–water partition coefficient (Wildman–Crippen LogP) is 1.95. The van der Waals surface area contributed by atoms with E-state index < -0.39 is 5.60 Å². The van der Waals surface area contributed by atoms with Crippen molar-refractivity contribution < 1.29 is 9.53 Å². The SMILES string of the molecule is Cn1cc(CCNCC2CCCN2C(=O)OC(C)(C)C)cn1. The molecule has 6 heteroatoms. The van der Waals surface area contributed by atoms with Crippen molar-refractivity contribution in [2.24, 2.45) is 7.05 Å². The van der Waals surface area contributed by atoms with E-state index in [0.717, 1.165) is 38.9 Å². The summed E-state index contributed by atoms with van der Waals surface area (Å²) in [5.41, 5.74) is 0.795. The van der Waals surface area contributed by atoms with Gasteiger partial charge >= 0.3 is 6.09 Å². The average Bonchev–Trinajstić information content (AvgIpc) is 3.01. The molecular weight excluding hydrogens is 280 g/mol. The number of nitrogens with one attached hydrogen (secondary N) is 1. The lowest BCUT2D eigenvalue weighted by Crippen LogP contribution is -2.44. The molecule has 1 amide bonds. The van der Waals surface area contributed by atoms with Gasteiger partial charge in [-0.1, -0.05) is 0 Å². The van der Waals surface area contributed by atoms with Crippen LogP contribution >= 0.6 is 0 Å². The van der Waals surface area contributed by atoms with Crippen molar-refractivity contribution in [2.75, 3.05) is 19.6 Å². The van der Waals surface area contributed by atoms with E-state index in [0.29, 0.717) is 0 Å². The van der Waals surface area contributed by atoms with Gasteiger partial charge in [0.05, 0.1) is 6.20 Å². The van der Waals surface area contributed by atoms with Crippen LogP contribution in [0.3, 0.4) is 0 Å². The Morgan fingerprint density at radius 3 is 2.91 bits per heavy atom. The maximum absolute atomic E-state index is 12.2. The smallest absolute Gasteiger partial charge is 0.410 e. The zero-order valence-electron chi connectivity index (χ0n) is 14.1. The second-order valence-electron chi connectivity index (χ2n) is 6.95. The Kier molecular flexibility index (Phi) is 5.45. The van der Waals surface area contributed by atoms with Crippen LogP contribution in [-0.4, -0.2) is 52.1 Å². The van der Waals surface area contributed by atoms with Gasteiger partial charge in [0, 0.05) is 32.4 Å². The van der Waals surface area contributed by atoms with E-state index in [4.69, 9.17) is 4.74 Å². The van der Waals surface area contributed by atoms with Gasteiger partial charge in [0.1, 0.15) is 5.60 Å². The standard InChI is InChI=1S/C16H28N4O2/c1-16(2,3)22-15(21)20-9-5-6-14(20)11-17-8-7-13-10-18-19(4)12-13/h10,12,14,17H,5-9,11H2,1-4H3. The highest BCUT2D eigenvalue weighted by Gasteiger charge is 2.31. The fourth-order valence-corrected chi connectivity index (χ4v) is 2.71. The highest BCUT2D eigenvalue weighted by Crippen LogP contribution is 2.20. The number of hydrogen-bond donors (Lipinski definition) is 1. The highest BCUT2D eigenvalue weighted by atomic mass is 16.6. The number of aryl methyl sites for hydroxylation is 1. The molecule has 1 aliphatic rings. The first-order valence-corrected chi connectivity index (χ1v) is 8.03. The topological polar surface area (TPSA) is 59.4 Å². The second kappa shape index (κ2) is 7.13. The molecule has 1 aliphatic heterocycles. The van der Waals surface area contributed by atoms with Gasteiger partial charge in [0.15, 0.2) is 0 Å². The van der Waals surface area contributed by atoms with Crippen molar-refractivity contribution in [3.05, 3.63) is 18.0 Å². The molecule has 1 N–H and O–H groups in total. The molecule has 2 rings (SSSR count). The summed E-state index contributed by atoms with van der Waals surface area (Å²) in [6.07, 6.45) is 6.78. The van der Waals surface area contributed by atoms with Crippen LogP contribution in [0.15, 0.2) is 12.4 Å². The predicted molar refractivity (Wildman–Crippen MR) is 85.7 cm³/mol. The van der Waals surface area contributed by atoms with Crippen molar-refractivity contribution in [1.29, 1.82) is 0 Å². The number of carbonyl (C=O) groups excluding carboxylic acids is 1. The highest BCUT2D eigenvalue weighted by molar-refractivity contribution is 5.69. The lowest BCUT2D eigenvalue weighted by molar-refractivity contribution is 0.0227. The van der Waals surface area contributed by atoms with Gasteiger partial charge in [0.25, 0.3) is 0 Å². The number of carbonyl (C=O) groups is 1. The molecule has 1 saturated heterocycles. The quantitative estimate of drug-likeness (QED) is 0.845. The third-order valence-electron chi connectivity index (χ3n) is 3.73. The van der Waals surface area contributed by atoms with Crippen LogP contribution in [0.5, 0.6) is 0 Å². The van der Waals surface area contributed by atoms with Crippen molar-refractivity contribution in [1.82, 2.24) is 20.0 Å². The van der Waals surface area contributed by atoms with Gasteiger partial charge in [-0.15, -0.1) is 0 Å². The Bertz CT molecular complexity index is 493. The molecule has 2 heterocycles. The molecule has 0 bridgehead atoms. The summed E-state index contributed by atoms with van der Waals surface area (Å²) in [4.78, 5) is 14.1. The molecular formula is C16H28N4O2. The Hall–Kier alpha value is -1.56. The summed E-state index contributed by atoms with van der Waals surface area (Å²) >= 11 is 0. The van der Waals surface area contributed by atoms with E-state index >= 15 is 0 Å². The minimum Gasteiger partial charge on any atom is -0.444 e. The maximum Gasteiger partial charge on any atom is 0.410 e. The third kappa shape index (κ3) is 5.02.